The van der Waals surface area contributed by atoms with Crippen LogP contribution in [0.25, 0.3) is 0 Å². The van der Waals surface area contributed by atoms with E-state index in [0.717, 1.165) is 35.5 Å². The molecule has 0 aliphatic rings. The van der Waals surface area contributed by atoms with Crippen molar-refractivity contribution in [3.63, 3.8) is 0 Å². The molecule has 1 rings (SSSR count). The van der Waals surface area contributed by atoms with E-state index in [1.807, 2.05) is 25.1 Å². The van der Waals surface area contributed by atoms with Gasteiger partial charge < -0.3 is 10.1 Å². The first-order valence-corrected chi connectivity index (χ1v) is 7.75. The summed E-state index contributed by atoms with van der Waals surface area (Å²) in [7, 11) is 0. The Morgan fingerprint density at radius 1 is 1.33 bits per heavy atom. The Balaban J connectivity index is 2.51. The molecule has 21 heavy (non-hydrogen) atoms. The Bertz CT molecular complexity index is 415. The smallest absolute Gasteiger partial charge is 0.261 e. The zero-order valence-electron chi connectivity index (χ0n) is 12.7. The highest BCUT2D eigenvalue weighted by atomic mass is 35.5. The van der Waals surface area contributed by atoms with Crippen molar-refractivity contribution in [3.05, 3.63) is 34.3 Å². The van der Waals surface area contributed by atoms with Gasteiger partial charge in [-0.05, 0) is 49.9 Å². The van der Waals surface area contributed by atoms with Gasteiger partial charge in [0.05, 0.1) is 0 Å². The quantitative estimate of drug-likeness (QED) is 0.652. The molecular formula is C16H24ClF2NO. The summed E-state index contributed by atoms with van der Waals surface area (Å²) >= 11 is 6.25. The minimum atomic E-state index is -2.40. The fourth-order valence-electron chi connectivity index (χ4n) is 2.11. The standard InChI is InChI=1S/C16H24ClF2NO/c1-3-7-20-14(6-8-21-11-16(18)19)10-13-5-4-12(2)9-15(13)17/h4-5,9,14,16,20H,3,6-8,10-11H2,1-2H3. The molecule has 0 amide bonds. The summed E-state index contributed by atoms with van der Waals surface area (Å²) in [6.45, 7) is 4.82. The van der Waals surface area contributed by atoms with E-state index >= 15 is 0 Å². The third kappa shape index (κ3) is 7.74. The van der Waals surface area contributed by atoms with Gasteiger partial charge in [0, 0.05) is 17.7 Å². The van der Waals surface area contributed by atoms with E-state index in [4.69, 9.17) is 16.3 Å². The summed E-state index contributed by atoms with van der Waals surface area (Å²) in [6.07, 6.45) is 0.0861. The predicted octanol–water partition coefficient (Wildman–Crippen LogP) is 4.23. The number of benzene rings is 1. The summed E-state index contributed by atoms with van der Waals surface area (Å²) in [5.41, 5.74) is 2.20. The van der Waals surface area contributed by atoms with E-state index in [1.54, 1.807) is 0 Å². The lowest BCUT2D eigenvalue weighted by molar-refractivity contribution is 0.0144. The molecule has 0 radical (unpaired) electrons. The van der Waals surface area contributed by atoms with Crippen LogP contribution in [0.2, 0.25) is 5.02 Å². The molecule has 0 bridgehead atoms. The van der Waals surface area contributed by atoms with Crippen LogP contribution in [0.4, 0.5) is 8.78 Å². The molecule has 0 aliphatic heterocycles. The predicted molar refractivity (Wildman–Crippen MR) is 83.4 cm³/mol. The monoisotopic (exact) mass is 319 g/mol. The zero-order chi connectivity index (χ0) is 15.7. The number of aryl methyl sites for hydroxylation is 1. The molecule has 120 valence electrons. The SMILES string of the molecule is CCCNC(CCOCC(F)F)Cc1ccc(C)cc1Cl. The Morgan fingerprint density at radius 2 is 2.10 bits per heavy atom. The highest BCUT2D eigenvalue weighted by Gasteiger charge is 2.12. The Kier molecular flexibility index (Phi) is 8.81. The number of ether oxygens (including phenoxy) is 1. The maximum absolute atomic E-state index is 12.0. The second-order valence-electron chi connectivity index (χ2n) is 5.20. The molecule has 0 saturated carbocycles. The second kappa shape index (κ2) is 10.1. The van der Waals surface area contributed by atoms with Crippen molar-refractivity contribution < 1.29 is 13.5 Å². The van der Waals surface area contributed by atoms with Gasteiger partial charge in [-0.25, -0.2) is 8.78 Å². The van der Waals surface area contributed by atoms with Gasteiger partial charge in [0.2, 0.25) is 0 Å². The summed E-state index contributed by atoms with van der Waals surface area (Å²) in [5.74, 6) is 0. The molecule has 0 spiro atoms. The van der Waals surface area contributed by atoms with E-state index in [1.165, 1.54) is 0 Å². The minimum absolute atomic E-state index is 0.183. The lowest BCUT2D eigenvalue weighted by Gasteiger charge is -2.19. The molecule has 1 aromatic carbocycles. The fourth-order valence-corrected chi connectivity index (χ4v) is 2.42. The van der Waals surface area contributed by atoms with Crippen LogP contribution in [0.3, 0.4) is 0 Å². The molecule has 0 saturated heterocycles. The van der Waals surface area contributed by atoms with Crippen LogP contribution in [0.1, 0.15) is 30.9 Å². The molecule has 0 heterocycles. The normalized spacial score (nSPS) is 12.9. The van der Waals surface area contributed by atoms with Crippen LogP contribution in [0.5, 0.6) is 0 Å². The number of hydrogen-bond donors (Lipinski definition) is 1. The van der Waals surface area contributed by atoms with Gasteiger partial charge in [0.1, 0.15) is 6.61 Å². The molecule has 0 aliphatic carbocycles. The summed E-state index contributed by atoms with van der Waals surface area (Å²) in [4.78, 5) is 0. The summed E-state index contributed by atoms with van der Waals surface area (Å²) in [5, 5.41) is 4.18. The van der Waals surface area contributed by atoms with Gasteiger partial charge in [-0.1, -0.05) is 30.7 Å². The average molecular weight is 320 g/mol. The van der Waals surface area contributed by atoms with E-state index in [-0.39, 0.29) is 6.04 Å². The van der Waals surface area contributed by atoms with Crippen molar-refractivity contribution in [2.75, 3.05) is 19.8 Å². The first-order valence-electron chi connectivity index (χ1n) is 7.37. The fraction of sp³-hybridized carbons (Fsp3) is 0.625. The highest BCUT2D eigenvalue weighted by Crippen LogP contribution is 2.20. The lowest BCUT2D eigenvalue weighted by Crippen LogP contribution is -2.33. The third-order valence-electron chi connectivity index (χ3n) is 3.21. The van der Waals surface area contributed by atoms with Crippen molar-refractivity contribution in [2.45, 2.75) is 45.6 Å². The van der Waals surface area contributed by atoms with Gasteiger partial charge in [-0.15, -0.1) is 0 Å². The van der Waals surface area contributed by atoms with Crippen LogP contribution in [-0.4, -0.2) is 32.2 Å². The molecule has 1 unspecified atom stereocenters. The zero-order valence-corrected chi connectivity index (χ0v) is 13.4. The summed E-state index contributed by atoms with van der Waals surface area (Å²) in [6, 6.07) is 6.19. The maximum Gasteiger partial charge on any atom is 0.261 e. The van der Waals surface area contributed by atoms with E-state index in [2.05, 4.69) is 12.2 Å². The number of alkyl halides is 2. The molecule has 5 heteroatoms. The second-order valence-corrected chi connectivity index (χ2v) is 5.61. The van der Waals surface area contributed by atoms with Gasteiger partial charge in [0.25, 0.3) is 6.43 Å². The molecule has 0 fully saturated rings. The molecule has 1 aromatic rings. The van der Waals surface area contributed by atoms with Crippen LogP contribution in [0.15, 0.2) is 18.2 Å². The topological polar surface area (TPSA) is 21.3 Å². The Hall–Kier alpha value is -0.710. The molecule has 1 N–H and O–H groups in total. The number of rotatable bonds is 10. The van der Waals surface area contributed by atoms with E-state index in [0.29, 0.717) is 13.0 Å². The molecular weight excluding hydrogens is 296 g/mol. The van der Waals surface area contributed by atoms with Crippen LogP contribution in [0, 0.1) is 6.92 Å². The lowest BCUT2D eigenvalue weighted by atomic mass is 10.0. The van der Waals surface area contributed by atoms with Crippen LogP contribution < -0.4 is 5.32 Å². The van der Waals surface area contributed by atoms with Crippen LogP contribution in [-0.2, 0) is 11.2 Å². The Labute approximate surface area is 130 Å². The first-order chi connectivity index (χ1) is 10.0. The van der Waals surface area contributed by atoms with Crippen molar-refractivity contribution in [2.24, 2.45) is 0 Å². The minimum Gasteiger partial charge on any atom is -0.375 e. The number of halogens is 3. The maximum atomic E-state index is 12.0. The Morgan fingerprint density at radius 3 is 2.71 bits per heavy atom. The molecule has 1 atom stereocenters. The van der Waals surface area contributed by atoms with Gasteiger partial charge in [-0.3, -0.25) is 0 Å². The van der Waals surface area contributed by atoms with Crippen molar-refractivity contribution in [3.8, 4) is 0 Å². The van der Waals surface area contributed by atoms with Crippen molar-refractivity contribution in [1.29, 1.82) is 0 Å². The van der Waals surface area contributed by atoms with E-state index < -0.39 is 13.0 Å². The molecule has 0 aromatic heterocycles. The average Bonchev–Trinajstić information content (AvgIpc) is 2.43. The number of nitrogens with one attached hydrogen (secondary N) is 1. The highest BCUT2D eigenvalue weighted by molar-refractivity contribution is 6.31. The summed E-state index contributed by atoms with van der Waals surface area (Å²) < 4.78 is 29.1. The number of hydrogen-bond acceptors (Lipinski definition) is 2. The third-order valence-corrected chi connectivity index (χ3v) is 3.56. The molecule has 2 nitrogen and oxygen atoms in total. The van der Waals surface area contributed by atoms with Gasteiger partial charge >= 0.3 is 0 Å². The van der Waals surface area contributed by atoms with Gasteiger partial charge in [-0.2, -0.15) is 0 Å². The largest absolute Gasteiger partial charge is 0.375 e. The van der Waals surface area contributed by atoms with Gasteiger partial charge in [0.15, 0.2) is 0 Å². The van der Waals surface area contributed by atoms with Crippen molar-refractivity contribution >= 4 is 11.6 Å². The first kappa shape index (κ1) is 18.3. The van der Waals surface area contributed by atoms with E-state index in [9.17, 15) is 8.78 Å². The van der Waals surface area contributed by atoms with Crippen molar-refractivity contribution in [1.82, 2.24) is 5.32 Å². The van der Waals surface area contributed by atoms with Crippen LogP contribution >= 0.6 is 11.6 Å².